The minimum Gasteiger partial charge on any atom is -0.389 e. The summed E-state index contributed by atoms with van der Waals surface area (Å²) in [6.07, 6.45) is 3.78. The third-order valence-electron chi connectivity index (χ3n) is 5.90. The topological polar surface area (TPSA) is 54.4 Å². The summed E-state index contributed by atoms with van der Waals surface area (Å²) in [5.74, 6) is -0.129. The van der Waals surface area contributed by atoms with E-state index in [0.717, 1.165) is 12.8 Å². The van der Waals surface area contributed by atoms with E-state index in [4.69, 9.17) is 0 Å². The molecule has 0 heterocycles. The molecule has 3 aliphatic rings. The van der Waals surface area contributed by atoms with Crippen LogP contribution in [0.15, 0.2) is 0 Å². The van der Waals surface area contributed by atoms with Gasteiger partial charge >= 0.3 is 0 Å². The molecule has 0 aromatic heterocycles. The van der Waals surface area contributed by atoms with Crippen LogP contribution in [0.3, 0.4) is 0 Å². The smallest absolute Gasteiger partial charge is 0.140 e. The molecule has 4 atom stereocenters. The molecule has 3 aliphatic carbocycles. The van der Waals surface area contributed by atoms with Gasteiger partial charge in [0.15, 0.2) is 0 Å². The molecule has 0 radical (unpaired) electrons. The Bertz CT molecular complexity index is 416. The Balaban J connectivity index is 2.23. The second-order valence-corrected chi connectivity index (χ2v) is 6.72. The van der Waals surface area contributed by atoms with Gasteiger partial charge in [-0.3, -0.25) is 9.59 Å². The van der Waals surface area contributed by atoms with Crippen molar-refractivity contribution in [2.45, 2.75) is 58.0 Å². The highest BCUT2D eigenvalue weighted by molar-refractivity contribution is 5.96. The quantitative estimate of drug-likeness (QED) is 0.698. The van der Waals surface area contributed by atoms with E-state index in [-0.39, 0.29) is 17.0 Å². The molecule has 3 heteroatoms. The maximum atomic E-state index is 12.4. The highest BCUT2D eigenvalue weighted by Gasteiger charge is 2.72. The van der Waals surface area contributed by atoms with E-state index in [0.29, 0.717) is 25.7 Å². The lowest BCUT2D eigenvalue weighted by atomic mass is 9.55. The van der Waals surface area contributed by atoms with Crippen LogP contribution in [0.1, 0.15) is 52.4 Å². The lowest BCUT2D eigenvalue weighted by Gasteiger charge is -2.46. The molecule has 3 saturated carbocycles. The highest BCUT2D eigenvalue weighted by atomic mass is 16.3. The van der Waals surface area contributed by atoms with Crippen LogP contribution in [-0.4, -0.2) is 22.3 Å². The van der Waals surface area contributed by atoms with E-state index in [1.54, 1.807) is 0 Å². The van der Waals surface area contributed by atoms with Crippen LogP contribution in [0.5, 0.6) is 0 Å². The third-order valence-corrected chi connectivity index (χ3v) is 5.90. The summed E-state index contributed by atoms with van der Waals surface area (Å²) in [6, 6.07) is 0. The van der Waals surface area contributed by atoms with E-state index in [9.17, 15) is 14.7 Å². The Morgan fingerprint density at radius 3 is 2.59 bits per heavy atom. The van der Waals surface area contributed by atoms with E-state index in [1.807, 2.05) is 6.92 Å². The lowest BCUT2D eigenvalue weighted by molar-refractivity contribution is -0.151. The first-order valence-corrected chi connectivity index (χ1v) is 6.62. The molecule has 0 aliphatic heterocycles. The summed E-state index contributed by atoms with van der Waals surface area (Å²) in [7, 11) is 0. The van der Waals surface area contributed by atoms with Crippen molar-refractivity contribution < 1.29 is 14.7 Å². The maximum absolute atomic E-state index is 12.4. The number of ketones is 2. The maximum Gasteiger partial charge on any atom is 0.140 e. The number of hydrogen-bond acceptors (Lipinski definition) is 3. The number of carbonyl (C=O) groups is 2. The molecule has 3 nitrogen and oxygen atoms in total. The van der Waals surface area contributed by atoms with Crippen LogP contribution in [0.25, 0.3) is 0 Å². The molecule has 1 N–H and O–H groups in total. The van der Waals surface area contributed by atoms with Crippen LogP contribution in [-0.2, 0) is 9.59 Å². The molecule has 3 rings (SSSR count). The Labute approximate surface area is 102 Å². The Hall–Kier alpha value is -0.700. The molecule has 0 amide bonds. The zero-order valence-corrected chi connectivity index (χ0v) is 10.6. The van der Waals surface area contributed by atoms with Crippen molar-refractivity contribution in [2.75, 3.05) is 0 Å². The molecule has 0 aromatic carbocycles. The Morgan fingerprint density at radius 2 is 1.88 bits per heavy atom. The van der Waals surface area contributed by atoms with Crippen molar-refractivity contribution in [3.8, 4) is 0 Å². The molecular formula is C14H20O3. The summed E-state index contributed by atoms with van der Waals surface area (Å²) in [4.78, 5) is 24.6. The Kier molecular flexibility index (Phi) is 2.01. The van der Waals surface area contributed by atoms with Crippen molar-refractivity contribution >= 4 is 11.6 Å². The van der Waals surface area contributed by atoms with Crippen molar-refractivity contribution in [1.82, 2.24) is 0 Å². The van der Waals surface area contributed by atoms with Gasteiger partial charge in [-0.1, -0.05) is 13.8 Å². The number of aliphatic hydroxyl groups is 1. The molecule has 4 unspecified atom stereocenters. The summed E-state index contributed by atoms with van der Waals surface area (Å²) in [6.45, 7) is 4.02. The first kappa shape index (κ1) is 11.4. The van der Waals surface area contributed by atoms with Gasteiger partial charge in [-0.15, -0.1) is 0 Å². The Morgan fingerprint density at radius 1 is 1.18 bits per heavy atom. The fourth-order valence-corrected chi connectivity index (χ4v) is 4.91. The average Bonchev–Trinajstić information content (AvgIpc) is 2.32. The normalized spacial score (nSPS) is 53.7. The van der Waals surface area contributed by atoms with Gasteiger partial charge in [0.1, 0.15) is 11.6 Å². The number of hydrogen-bond donors (Lipinski definition) is 1. The van der Waals surface area contributed by atoms with Gasteiger partial charge in [-0.25, -0.2) is 0 Å². The molecule has 17 heavy (non-hydrogen) atoms. The predicted octanol–water partition coefficient (Wildman–Crippen LogP) is 1.87. The molecule has 0 aromatic rings. The van der Waals surface area contributed by atoms with Gasteiger partial charge in [0.2, 0.25) is 0 Å². The minimum absolute atomic E-state index is 0.111. The van der Waals surface area contributed by atoms with Crippen LogP contribution in [0.2, 0.25) is 0 Å². The zero-order chi connectivity index (χ0) is 12.5. The van der Waals surface area contributed by atoms with Crippen LogP contribution < -0.4 is 0 Å². The zero-order valence-electron chi connectivity index (χ0n) is 10.6. The standard InChI is InChI=1S/C14H20O3/c1-12-7-5-9(15)11-13(12,2)10(16)4-3-6-14(11,17)8-12/h11,17H,3-8H2,1-2H3. The first-order chi connectivity index (χ1) is 7.83. The number of carbonyl (C=O) groups excluding carboxylic acids is 2. The summed E-state index contributed by atoms with van der Waals surface area (Å²) in [5, 5.41) is 10.8. The van der Waals surface area contributed by atoms with E-state index in [2.05, 4.69) is 6.92 Å². The molecular weight excluding hydrogens is 216 g/mol. The monoisotopic (exact) mass is 236 g/mol. The van der Waals surface area contributed by atoms with Crippen LogP contribution in [0.4, 0.5) is 0 Å². The number of rotatable bonds is 0. The summed E-state index contributed by atoms with van der Waals surface area (Å²) >= 11 is 0. The highest BCUT2D eigenvalue weighted by Crippen LogP contribution is 2.68. The van der Waals surface area contributed by atoms with E-state index < -0.39 is 16.9 Å². The van der Waals surface area contributed by atoms with Gasteiger partial charge in [0.05, 0.1) is 11.5 Å². The van der Waals surface area contributed by atoms with Gasteiger partial charge in [-0.2, -0.15) is 0 Å². The lowest BCUT2D eigenvalue weighted by Crippen LogP contribution is -2.51. The fraction of sp³-hybridized carbons (Fsp3) is 0.857. The SMILES string of the molecule is CC12CCC(=O)C3C(O)(CCCC(=O)C31C)C2. The largest absolute Gasteiger partial charge is 0.389 e. The van der Waals surface area contributed by atoms with Gasteiger partial charge in [0.25, 0.3) is 0 Å². The fourth-order valence-electron chi connectivity index (χ4n) is 4.91. The second-order valence-electron chi connectivity index (χ2n) is 6.72. The van der Waals surface area contributed by atoms with E-state index >= 15 is 0 Å². The molecule has 3 fully saturated rings. The minimum atomic E-state index is -0.913. The first-order valence-electron chi connectivity index (χ1n) is 6.62. The van der Waals surface area contributed by atoms with Crippen molar-refractivity contribution in [3.05, 3.63) is 0 Å². The molecule has 94 valence electrons. The molecule has 0 spiro atoms. The van der Waals surface area contributed by atoms with Gasteiger partial charge in [0, 0.05) is 18.3 Å². The molecule has 0 saturated heterocycles. The second kappa shape index (κ2) is 3.00. The van der Waals surface area contributed by atoms with Crippen molar-refractivity contribution in [3.63, 3.8) is 0 Å². The van der Waals surface area contributed by atoms with Gasteiger partial charge in [-0.05, 0) is 31.1 Å². The summed E-state index contributed by atoms with van der Waals surface area (Å²) in [5.41, 5.74) is -1.71. The van der Waals surface area contributed by atoms with E-state index in [1.165, 1.54) is 0 Å². The van der Waals surface area contributed by atoms with Gasteiger partial charge < -0.3 is 5.11 Å². The third kappa shape index (κ3) is 1.11. The predicted molar refractivity (Wildman–Crippen MR) is 62.4 cm³/mol. The van der Waals surface area contributed by atoms with Crippen LogP contribution >= 0.6 is 0 Å². The van der Waals surface area contributed by atoms with Crippen molar-refractivity contribution in [1.29, 1.82) is 0 Å². The number of Topliss-reactive ketones (excluding diaryl/α,β-unsaturated/α-hetero) is 2. The average molecular weight is 236 g/mol. The summed E-state index contributed by atoms with van der Waals surface area (Å²) < 4.78 is 0. The molecule has 4 bridgehead atoms. The van der Waals surface area contributed by atoms with Crippen LogP contribution in [0, 0.1) is 16.7 Å². The van der Waals surface area contributed by atoms with Crippen molar-refractivity contribution in [2.24, 2.45) is 16.7 Å².